The molecule has 8 nitrogen and oxygen atoms in total. The smallest absolute Gasteiger partial charge is 0.414 e. The van der Waals surface area contributed by atoms with Crippen molar-refractivity contribution in [2.45, 2.75) is 70.1 Å². The predicted molar refractivity (Wildman–Crippen MR) is 120 cm³/mol. The highest BCUT2D eigenvalue weighted by molar-refractivity contribution is 5.92. The van der Waals surface area contributed by atoms with E-state index in [9.17, 15) is 9.59 Å². The van der Waals surface area contributed by atoms with E-state index >= 15 is 0 Å². The van der Waals surface area contributed by atoms with Gasteiger partial charge in [0.25, 0.3) is 0 Å². The number of hydrogen-bond donors (Lipinski definition) is 1. The minimum absolute atomic E-state index is 0.0672. The number of ether oxygens (including phenoxy) is 2. The van der Waals surface area contributed by atoms with E-state index < -0.39 is 0 Å². The minimum Gasteiger partial charge on any atom is -0.489 e. The number of amides is 2. The Morgan fingerprint density at radius 2 is 2.06 bits per heavy atom. The first-order chi connectivity index (χ1) is 15.5. The lowest BCUT2D eigenvalue weighted by Crippen LogP contribution is -2.42. The van der Waals surface area contributed by atoms with Crippen LogP contribution < -0.4 is 15.0 Å². The van der Waals surface area contributed by atoms with Gasteiger partial charge in [0.1, 0.15) is 5.75 Å². The van der Waals surface area contributed by atoms with E-state index in [0.717, 1.165) is 60.2 Å². The van der Waals surface area contributed by atoms with Crippen molar-refractivity contribution in [3.05, 3.63) is 30.1 Å². The van der Waals surface area contributed by atoms with Crippen LogP contribution in [0.3, 0.4) is 0 Å². The van der Waals surface area contributed by atoms with Crippen molar-refractivity contribution in [2.24, 2.45) is 0 Å². The van der Waals surface area contributed by atoms with Crippen LogP contribution in [0.5, 0.6) is 5.75 Å². The van der Waals surface area contributed by atoms with Crippen LogP contribution >= 0.6 is 0 Å². The van der Waals surface area contributed by atoms with Crippen LogP contribution in [0.1, 0.15) is 57.1 Å². The lowest BCUT2D eigenvalue weighted by atomic mass is 9.91. The molecule has 1 aromatic heterocycles. The molecular weight excluding hydrogens is 408 g/mol. The van der Waals surface area contributed by atoms with Gasteiger partial charge in [-0.25, -0.2) is 4.79 Å². The van der Waals surface area contributed by atoms with Crippen molar-refractivity contribution in [2.75, 3.05) is 18.6 Å². The van der Waals surface area contributed by atoms with E-state index in [2.05, 4.69) is 10.4 Å². The summed E-state index contributed by atoms with van der Waals surface area (Å²) in [6.07, 6.45) is 10.0. The van der Waals surface area contributed by atoms with Gasteiger partial charge in [-0.15, -0.1) is 0 Å². The van der Waals surface area contributed by atoms with Crippen LogP contribution in [0, 0.1) is 0 Å². The molecule has 1 saturated carbocycles. The quantitative estimate of drug-likeness (QED) is 0.784. The first-order valence-electron chi connectivity index (χ1n) is 11.6. The summed E-state index contributed by atoms with van der Waals surface area (Å²) in [6, 6.07) is 4.16. The third-order valence-corrected chi connectivity index (χ3v) is 6.96. The summed E-state index contributed by atoms with van der Waals surface area (Å²) in [4.78, 5) is 26.1. The van der Waals surface area contributed by atoms with Crippen molar-refractivity contribution in [3.8, 4) is 16.9 Å². The molecule has 2 atom stereocenters. The number of methoxy groups -OCH3 is 1. The molecule has 2 fully saturated rings. The zero-order chi connectivity index (χ0) is 22.2. The number of carbonyl (C=O) groups excluding carboxylic acids is 2. The molecule has 3 aliphatic rings. The Hall–Kier alpha value is -3.03. The summed E-state index contributed by atoms with van der Waals surface area (Å²) in [5.74, 6) is 0.923. The van der Waals surface area contributed by atoms with E-state index in [1.165, 1.54) is 13.5 Å². The second-order valence-electron chi connectivity index (χ2n) is 9.04. The molecule has 2 aliphatic heterocycles. The maximum absolute atomic E-state index is 12.5. The Kier molecular flexibility index (Phi) is 5.53. The second-order valence-corrected chi connectivity index (χ2v) is 9.04. The normalized spacial score (nSPS) is 23.2. The molecule has 0 bridgehead atoms. The van der Waals surface area contributed by atoms with E-state index in [1.54, 1.807) is 4.90 Å². The second kappa shape index (κ2) is 8.48. The van der Waals surface area contributed by atoms with Crippen molar-refractivity contribution in [1.29, 1.82) is 0 Å². The maximum atomic E-state index is 12.5. The number of benzene rings is 1. The van der Waals surface area contributed by atoms with Gasteiger partial charge in [0, 0.05) is 41.9 Å². The summed E-state index contributed by atoms with van der Waals surface area (Å²) in [5, 5.41) is 7.46. The SMILES string of the molecule is COC(=O)N1c2ccc(-c3cnn(C4CCNC(=O)C4)c3)c(OC3CCC3)c2CCC1C. The number of hydrogen-bond acceptors (Lipinski definition) is 5. The molecule has 5 rings (SSSR count). The third kappa shape index (κ3) is 3.72. The van der Waals surface area contributed by atoms with Gasteiger partial charge in [-0.3, -0.25) is 14.4 Å². The van der Waals surface area contributed by atoms with Gasteiger partial charge in [0.15, 0.2) is 0 Å². The van der Waals surface area contributed by atoms with Crippen molar-refractivity contribution in [1.82, 2.24) is 15.1 Å². The molecule has 0 spiro atoms. The first-order valence-corrected chi connectivity index (χ1v) is 11.6. The number of aromatic nitrogens is 2. The number of carbonyl (C=O) groups is 2. The highest BCUT2D eigenvalue weighted by atomic mass is 16.5. The van der Waals surface area contributed by atoms with Gasteiger partial charge >= 0.3 is 6.09 Å². The van der Waals surface area contributed by atoms with Crippen LogP contribution in [0.25, 0.3) is 11.1 Å². The van der Waals surface area contributed by atoms with Crippen LogP contribution in [0.15, 0.2) is 24.5 Å². The highest BCUT2D eigenvalue weighted by Gasteiger charge is 2.33. The Labute approximate surface area is 187 Å². The maximum Gasteiger partial charge on any atom is 0.414 e. The van der Waals surface area contributed by atoms with Gasteiger partial charge < -0.3 is 14.8 Å². The molecule has 1 N–H and O–H groups in total. The van der Waals surface area contributed by atoms with E-state index in [0.29, 0.717) is 13.0 Å². The van der Waals surface area contributed by atoms with Gasteiger partial charge in [0.2, 0.25) is 5.91 Å². The molecule has 1 saturated heterocycles. The summed E-state index contributed by atoms with van der Waals surface area (Å²) >= 11 is 0. The average molecular weight is 439 g/mol. The molecule has 2 amide bonds. The monoisotopic (exact) mass is 438 g/mol. The van der Waals surface area contributed by atoms with Gasteiger partial charge in [-0.1, -0.05) is 0 Å². The summed E-state index contributed by atoms with van der Waals surface area (Å²) in [6.45, 7) is 2.72. The molecular formula is C24H30N4O4. The Balaban J connectivity index is 1.54. The molecule has 170 valence electrons. The summed E-state index contributed by atoms with van der Waals surface area (Å²) < 4.78 is 13.5. The molecule has 0 radical (unpaired) electrons. The Morgan fingerprint density at radius 1 is 1.22 bits per heavy atom. The fraction of sp³-hybridized carbons (Fsp3) is 0.542. The first kappa shape index (κ1) is 20.8. The fourth-order valence-corrected chi connectivity index (χ4v) is 4.87. The van der Waals surface area contributed by atoms with Gasteiger partial charge in [-0.05, 0) is 57.6 Å². The van der Waals surface area contributed by atoms with E-state index in [-0.39, 0.29) is 30.2 Å². The van der Waals surface area contributed by atoms with Crippen LogP contribution in [-0.2, 0) is 16.0 Å². The molecule has 1 aliphatic carbocycles. The fourth-order valence-electron chi connectivity index (χ4n) is 4.87. The zero-order valence-corrected chi connectivity index (χ0v) is 18.7. The Bertz CT molecular complexity index is 1030. The van der Waals surface area contributed by atoms with Crippen molar-refractivity contribution in [3.63, 3.8) is 0 Å². The number of nitrogens with one attached hydrogen (secondary N) is 1. The molecule has 1 aromatic carbocycles. The molecule has 3 heterocycles. The van der Waals surface area contributed by atoms with Crippen LogP contribution in [0.4, 0.5) is 10.5 Å². The van der Waals surface area contributed by atoms with Crippen molar-refractivity contribution < 1.29 is 19.1 Å². The average Bonchev–Trinajstić information content (AvgIpc) is 3.25. The number of nitrogens with zero attached hydrogens (tertiary/aromatic N) is 3. The highest BCUT2D eigenvalue weighted by Crippen LogP contribution is 2.44. The third-order valence-electron chi connectivity index (χ3n) is 6.96. The largest absolute Gasteiger partial charge is 0.489 e. The Morgan fingerprint density at radius 3 is 2.78 bits per heavy atom. The lowest BCUT2D eigenvalue weighted by Gasteiger charge is -2.37. The van der Waals surface area contributed by atoms with Crippen molar-refractivity contribution >= 4 is 17.7 Å². The van der Waals surface area contributed by atoms with Crippen LogP contribution in [-0.4, -0.2) is 47.6 Å². The number of piperidine rings is 1. The number of anilines is 1. The topological polar surface area (TPSA) is 85.7 Å². The van der Waals surface area contributed by atoms with Gasteiger partial charge in [0.05, 0.1) is 31.1 Å². The number of fused-ring (bicyclic) bond motifs is 1. The molecule has 8 heteroatoms. The lowest BCUT2D eigenvalue weighted by molar-refractivity contribution is -0.123. The zero-order valence-electron chi connectivity index (χ0n) is 18.7. The minimum atomic E-state index is -0.343. The standard InChI is InChI=1S/C24H30N4O4/c1-15-6-7-20-21(28(15)24(30)31-2)9-8-19(23(20)32-18-4-3-5-18)16-13-26-27(14-16)17-10-11-25-22(29)12-17/h8-9,13-15,17-18H,3-7,10-12H2,1-2H3,(H,25,29). The van der Waals surface area contributed by atoms with E-state index in [1.807, 2.05) is 36.1 Å². The van der Waals surface area contributed by atoms with E-state index in [4.69, 9.17) is 9.47 Å². The predicted octanol–water partition coefficient (Wildman–Crippen LogP) is 3.84. The van der Waals surface area contributed by atoms with Crippen LogP contribution in [0.2, 0.25) is 0 Å². The summed E-state index contributed by atoms with van der Waals surface area (Å²) in [7, 11) is 1.42. The molecule has 32 heavy (non-hydrogen) atoms. The molecule has 2 aromatic rings. The van der Waals surface area contributed by atoms with Gasteiger partial charge in [-0.2, -0.15) is 5.10 Å². The molecule has 2 unspecified atom stereocenters. The summed E-state index contributed by atoms with van der Waals surface area (Å²) in [5.41, 5.74) is 3.88. The number of rotatable bonds is 4.